The minimum Gasteiger partial charge on any atom is -0.461 e. The number of aromatic nitrogens is 4. The summed E-state index contributed by atoms with van der Waals surface area (Å²) >= 11 is 3.49. The third kappa shape index (κ3) is 7.70. The molecule has 0 saturated heterocycles. The summed E-state index contributed by atoms with van der Waals surface area (Å²) in [5.74, 6) is 0.194. The number of hydrogen-bond acceptors (Lipinski definition) is 10. The van der Waals surface area contributed by atoms with Crippen LogP contribution >= 0.6 is 23.5 Å². The van der Waals surface area contributed by atoms with E-state index < -0.39 is 13.7 Å². The van der Waals surface area contributed by atoms with E-state index in [1.165, 1.54) is 0 Å². The number of nitrogens with zero attached hydrogens (tertiary/aromatic N) is 4. The number of nitrogen functional groups attached to an aromatic ring is 1. The molecule has 3 rings (SSSR count). The van der Waals surface area contributed by atoms with Crippen LogP contribution in [0.15, 0.2) is 35.1 Å². The van der Waals surface area contributed by atoms with E-state index in [1.54, 1.807) is 21.0 Å². The van der Waals surface area contributed by atoms with Crippen molar-refractivity contribution in [2.45, 2.75) is 32.9 Å². The van der Waals surface area contributed by atoms with Gasteiger partial charge in [-0.05, 0) is 35.3 Å². The van der Waals surface area contributed by atoms with Crippen LogP contribution in [0.2, 0.25) is 0 Å². The average Bonchev–Trinajstić information content (AvgIpc) is 3.14. The Morgan fingerprint density at radius 1 is 1.09 bits per heavy atom. The average molecular weight is 572 g/mol. The maximum absolute atomic E-state index is 13.0. The first kappa shape index (κ1) is 27.5. The molecule has 2 N–H and O–H groups in total. The summed E-state index contributed by atoms with van der Waals surface area (Å²) in [5, 5.41) is 0. The number of anilines is 1. The highest BCUT2D eigenvalue weighted by Gasteiger charge is 2.27. The molecule has 0 spiro atoms. The molecule has 13 heteroatoms. The fourth-order valence-corrected chi connectivity index (χ4v) is 5.27. The molecule has 0 aliphatic carbocycles. The second-order valence-electron chi connectivity index (χ2n) is 7.45. The van der Waals surface area contributed by atoms with Gasteiger partial charge in [0, 0.05) is 13.5 Å². The molecule has 2 aromatic heterocycles. The lowest BCUT2D eigenvalue weighted by molar-refractivity contribution is 0.0549. The number of hydrogen-bond donors (Lipinski definition) is 1. The van der Waals surface area contributed by atoms with E-state index in [1.807, 2.05) is 34.9 Å². The van der Waals surface area contributed by atoms with E-state index in [0.29, 0.717) is 35.5 Å². The molecular weight excluding hydrogens is 541 g/mol. The van der Waals surface area contributed by atoms with E-state index in [-0.39, 0.29) is 38.0 Å². The van der Waals surface area contributed by atoms with Crippen LogP contribution in [0, 0.1) is 0 Å². The van der Waals surface area contributed by atoms with Crippen molar-refractivity contribution in [3.63, 3.8) is 0 Å². The van der Waals surface area contributed by atoms with Crippen LogP contribution in [0.1, 0.15) is 19.4 Å². The standard InChI is InChI=1S/C22H31BrN5O6P/c1-4-33-35(29,34-5-2)15-32-17(13-16-9-7-6-8-10-16)14-28-20-18(25-21(28)23)19(24)26-22(27-20)31-12-11-30-3/h6-10,17H,4-5,11-15H2,1-3H3,(H2,24,26,27). The van der Waals surface area contributed by atoms with Crippen LogP contribution < -0.4 is 10.5 Å². The van der Waals surface area contributed by atoms with Gasteiger partial charge in [0.15, 0.2) is 21.7 Å². The summed E-state index contributed by atoms with van der Waals surface area (Å²) in [7, 11) is -1.82. The molecule has 0 aliphatic heterocycles. The van der Waals surface area contributed by atoms with Gasteiger partial charge in [0.25, 0.3) is 0 Å². The van der Waals surface area contributed by atoms with Crippen molar-refractivity contribution >= 4 is 40.5 Å². The van der Waals surface area contributed by atoms with Crippen LogP contribution in [0.25, 0.3) is 11.2 Å². The number of benzene rings is 1. The van der Waals surface area contributed by atoms with E-state index in [4.69, 9.17) is 29.0 Å². The van der Waals surface area contributed by atoms with Crippen molar-refractivity contribution in [1.82, 2.24) is 19.5 Å². The van der Waals surface area contributed by atoms with Crippen molar-refractivity contribution in [2.24, 2.45) is 0 Å². The van der Waals surface area contributed by atoms with Gasteiger partial charge in [-0.2, -0.15) is 9.97 Å². The molecule has 0 fully saturated rings. The van der Waals surface area contributed by atoms with Gasteiger partial charge in [-0.15, -0.1) is 0 Å². The predicted octanol–water partition coefficient (Wildman–Crippen LogP) is 4.05. The summed E-state index contributed by atoms with van der Waals surface area (Å²) in [6.07, 6.45) is -0.0450. The fraction of sp³-hybridized carbons (Fsp3) is 0.500. The number of fused-ring (bicyclic) bond motifs is 1. The molecule has 192 valence electrons. The highest BCUT2D eigenvalue weighted by Crippen LogP contribution is 2.48. The summed E-state index contributed by atoms with van der Waals surface area (Å²) in [4.78, 5) is 13.1. The highest BCUT2D eigenvalue weighted by molar-refractivity contribution is 9.10. The van der Waals surface area contributed by atoms with Gasteiger partial charge in [0.2, 0.25) is 0 Å². The first-order valence-electron chi connectivity index (χ1n) is 11.2. The molecule has 11 nitrogen and oxygen atoms in total. The predicted molar refractivity (Wildman–Crippen MR) is 136 cm³/mol. The molecule has 0 bridgehead atoms. The number of rotatable bonds is 15. The minimum atomic E-state index is -3.40. The van der Waals surface area contributed by atoms with Gasteiger partial charge in [-0.25, -0.2) is 4.98 Å². The Morgan fingerprint density at radius 3 is 2.46 bits per heavy atom. The summed E-state index contributed by atoms with van der Waals surface area (Å²) < 4.78 is 42.8. The molecule has 2 heterocycles. The molecule has 0 saturated carbocycles. The van der Waals surface area contributed by atoms with Crippen LogP contribution in [0.4, 0.5) is 5.82 Å². The van der Waals surface area contributed by atoms with E-state index in [9.17, 15) is 4.57 Å². The van der Waals surface area contributed by atoms with E-state index in [2.05, 4.69) is 30.9 Å². The van der Waals surface area contributed by atoms with Crippen LogP contribution in [-0.2, 0) is 36.1 Å². The van der Waals surface area contributed by atoms with Crippen molar-refractivity contribution in [3.8, 4) is 6.01 Å². The molecule has 3 aromatic rings. The summed E-state index contributed by atoms with van der Waals surface area (Å²) in [6, 6.07) is 9.99. The maximum atomic E-state index is 13.0. The SMILES string of the molecule is CCOP(=O)(COC(Cc1ccccc1)Cn1c(Br)nc2c(N)nc(OCCOC)nc21)OCC. The lowest BCUT2D eigenvalue weighted by Gasteiger charge is -2.23. The number of methoxy groups -OCH3 is 1. The Morgan fingerprint density at radius 2 is 1.80 bits per heavy atom. The number of nitrogens with two attached hydrogens (primary N) is 1. The number of imidazole rings is 1. The molecule has 1 atom stereocenters. The lowest BCUT2D eigenvalue weighted by atomic mass is 10.1. The molecule has 0 amide bonds. The minimum absolute atomic E-state index is 0.124. The summed E-state index contributed by atoms with van der Waals surface area (Å²) in [6.45, 7) is 5.03. The lowest BCUT2D eigenvalue weighted by Crippen LogP contribution is -2.24. The zero-order valence-corrected chi connectivity index (χ0v) is 22.5. The highest BCUT2D eigenvalue weighted by atomic mass is 79.9. The van der Waals surface area contributed by atoms with E-state index >= 15 is 0 Å². The quantitative estimate of drug-likeness (QED) is 0.162. The first-order chi connectivity index (χ1) is 16.9. The van der Waals surface area contributed by atoms with Crippen LogP contribution in [0.5, 0.6) is 6.01 Å². The normalized spacial score (nSPS) is 12.8. The second-order valence-corrected chi connectivity index (χ2v) is 10.2. The third-order valence-electron chi connectivity index (χ3n) is 4.89. The number of halogens is 1. The fourth-order valence-electron chi connectivity index (χ4n) is 3.38. The Kier molecular flexibility index (Phi) is 10.4. The zero-order chi connectivity index (χ0) is 25.3. The topological polar surface area (TPSA) is 133 Å². The largest absolute Gasteiger partial charge is 0.461 e. The van der Waals surface area contributed by atoms with Crippen LogP contribution in [0.3, 0.4) is 0 Å². The Balaban J connectivity index is 1.89. The van der Waals surface area contributed by atoms with Crippen LogP contribution in [-0.4, -0.2) is 65.5 Å². The number of ether oxygens (including phenoxy) is 3. The van der Waals surface area contributed by atoms with Crippen molar-refractivity contribution in [1.29, 1.82) is 0 Å². The summed E-state index contributed by atoms with van der Waals surface area (Å²) in [5.41, 5.74) is 8.09. The van der Waals surface area contributed by atoms with Gasteiger partial charge in [0.1, 0.15) is 13.0 Å². The maximum Gasteiger partial charge on any atom is 0.356 e. The zero-order valence-electron chi connectivity index (χ0n) is 20.1. The molecule has 0 radical (unpaired) electrons. The van der Waals surface area contributed by atoms with Gasteiger partial charge < -0.3 is 33.6 Å². The van der Waals surface area contributed by atoms with Crippen molar-refractivity contribution < 1.29 is 27.8 Å². The first-order valence-corrected chi connectivity index (χ1v) is 13.8. The molecular formula is C22H31BrN5O6P. The van der Waals surface area contributed by atoms with Gasteiger partial charge in [-0.1, -0.05) is 30.3 Å². The van der Waals surface area contributed by atoms with E-state index in [0.717, 1.165) is 5.56 Å². The Hall–Kier alpha value is -2.08. The van der Waals surface area contributed by atoms with Gasteiger partial charge >= 0.3 is 13.6 Å². The Labute approximate surface area is 213 Å². The second kappa shape index (κ2) is 13.3. The van der Waals surface area contributed by atoms with Gasteiger partial charge in [0.05, 0.1) is 32.5 Å². The molecule has 35 heavy (non-hydrogen) atoms. The third-order valence-corrected chi connectivity index (χ3v) is 7.26. The monoisotopic (exact) mass is 571 g/mol. The smallest absolute Gasteiger partial charge is 0.356 e. The molecule has 1 aromatic carbocycles. The van der Waals surface area contributed by atoms with Crippen molar-refractivity contribution in [3.05, 3.63) is 40.6 Å². The molecule has 0 aliphatic rings. The van der Waals surface area contributed by atoms with Crippen molar-refractivity contribution in [2.75, 3.05) is 45.6 Å². The van der Waals surface area contributed by atoms with Gasteiger partial charge in [-0.3, -0.25) is 4.57 Å². The Bertz CT molecular complexity index is 1120. The molecule has 1 unspecified atom stereocenters.